The van der Waals surface area contributed by atoms with Gasteiger partial charge >= 0.3 is 0 Å². The molecular weight excluding hydrogens is 316 g/mol. The van der Waals surface area contributed by atoms with Crippen LogP contribution in [0.5, 0.6) is 17.2 Å². The second-order valence-corrected chi connectivity index (χ2v) is 4.70. The Bertz CT molecular complexity index is 753. The van der Waals surface area contributed by atoms with E-state index in [0.717, 1.165) is 0 Å². The molecule has 0 radical (unpaired) electrons. The van der Waals surface area contributed by atoms with Crippen LogP contribution in [0.1, 0.15) is 10.4 Å². The maximum Gasteiger partial charge on any atom is 0.271 e. The average Bonchev–Trinajstić information content (AvgIpc) is 2.60. The lowest BCUT2D eigenvalue weighted by Gasteiger charge is -2.11. The molecule has 0 bridgehead atoms. The molecule has 8 heteroatoms. The van der Waals surface area contributed by atoms with Crippen LogP contribution in [0, 0.1) is 10.1 Å². The van der Waals surface area contributed by atoms with Crippen molar-refractivity contribution in [2.24, 2.45) is 0 Å². The lowest BCUT2D eigenvalue weighted by Crippen LogP contribution is -2.13. The van der Waals surface area contributed by atoms with E-state index in [9.17, 15) is 14.9 Å². The molecule has 0 unspecified atom stereocenters. The topological polar surface area (TPSA) is 99.9 Å². The zero-order valence-electron chi connectivity index (χ0n) is 13.4. The molecule has 0 fully saturated rings. The minimum Gasteiger partial charge on any atom is -0.497 e. The first-order chi connectivity index (χ1) is 11.5. The van der Waals surface area contributed by atoms with Crippen molar-refractivity contribution in [3.05, 3.63) is 52.1 Å². The van der Waals surface area contributed by atoms with E-state index >= 15 is 0 Å². The molecule has 2 rings (SSSR count). The molecule has 1 amide bonds. The van der Waals surface area contributed by atoms with Gasteiger partial charge in [0.15, 0.2) is 0 Å². The van der Waals surface area contributed by atoms with Crippen molar-refractivity contribution in [3.63, 3.8) is 0 Å². The molecule has 2 aromatic rings. The second kappa shape index (κ2) is 7.32. The van der Waals surface area contributed by atoms with Gasteiger partial charge in [-0.05, 0) is 18.2 Å². The van der Waals surface area contributed by atoms with Crippen LogP contribution in [0.3, 0.4) is 0 Å². The van der Waals surface area contributed by atoms with E-state index in [1.807, 2.05) is 0 Å². The first-order valence-corrected chi connectivity index (χ1v) is 6.85. The SMILES string of the molecule is COc1cc(OC)cc(C(=O)Nc2cc([N+](=O)[O-])ccc2OC)c1. The summed E-state index contributed by atoms with van der Waals surface area (Å²) in [7, 11) is 4.35. The molecule has 0 aliphatic carbocycles. The summed E-state index contributed by atoms with van der Waals surface area (Å²) in [6.07, 6.45) is 0. The Morgan fingerprint density at radius 1 is 1.00 bits per heavy atom. The highest BCUT2D eigenvalue weighted by atomic mass is 16.6. The fourth-order valence-electron chi connectivity index (χ4n) is 2.04. The Kier molecular flexibility index (Phi) is 5.20. The van der Waals surface area contributed by atoms with Crippen LogP contribution in [-0.4, -0.2) is 32.2 Å². The number of methoxy groups -OCH3 is 3. The number of nitro benzene ring substituents is 1. The van der Waals surface area contributed by atoms with Gasteiger partial charge in [0.05, 0.1) is 31.9 Å². The maximum atomic E-state index is 12.5. The summed E-state index contributed by atoms with van der Waals surface area (Å²) in [4.78, 5) is 22.8. The van der Waals surface area contributed by atoms with Gasteiger partial charge in [-0.15, -0.1) is 0 Å². The van der Waals surface area contributed by atoms with Crippen molar-refractivity contribution < 1.29 is 23.9 Å². The number of carbonyl (C=O) groups is 1. The monoisotopic (exact) mass is 332 g/mol. The third-order valence-electron chi connectivity index (χ3n) is 3.26. The van der Waals surface area contributed by atoms with Crippen molar-refractivity contribution in [3.8, 4) is 17.2 Å². The normalized spacial score (nSPS) is 9.96. The number of hydrogen-bond acceptors (Lipinski definition) is 6. The average molecular weight is 332 g/mol. The summed E-state index contributed by atoms with van der Waals surface area (Å²) in [5.41, 5.74) is 0.313. The predicted octanol–water partition coefficient (Wildman–Crippen LogP) is 2.87. The van der Waals surface area contributed by atoms with Gasteiger partial charge in [0, 0.05) is 23.8 Å². The smallest absolute Gasteiger partial charge is 0.271 e. The summed E-state index contributed by atoms with van der Waals surface area (Å²) < 4.78 is 15.4. The van der Waals surface area contributed by atoms with E-state index in [0.29, 0.717) is 17.2 Å². The first kappa shape index (κ1) is 17.1. The largest absolute Gasteiger partial charge is 0.497 e. The molecule has 8 nitrogen and oxygen atoms in total. The van der Waals surface area contributed by atoms with E-state index in [1.165, 1.54) is 51.7 Å². The molecule has 0 heterocycles. The summed E-state index contributed by atoms with van der Waals surface area (Å²) in [5.74, 6) is 0.728. The molecule has 24 heavy (non-hydrogen) atoms. The van der Waals surface area contributed by atoms with Crippen molar-refractivity contribution in [2.75, 3.05) is 26.6 Å². The highest BCUT2D eigenvalue weighted by Crippen LogP contribution is 2.30. The van der Waals surface area contributed by atoms with Crippen molar-refractivity contribution in [1.82, 2.24) is 0 Å². The van der Waals surface area contributed by atoms with Crippen LogP contribution in [0.4, 0.5) is 11.4 Å². The number of anilines is 1. The molecule has 0 spiro atoms. The van der Waals surface area contributed by atoms with Crippen LogP contribution in [-0.2, 0) is 0 Å². The van der Waals surface area contributed by atoms with E-state index in [2.05, 4.69) is 5.32 Å². The Morgan fingerprint density at radius 2 is 1.62 bits per heavy atom. The standard InChI is InChI=1S/C16H16N2O6/c1-22-12-6-10(7-13(9-12)23-2)16(19)17-14-8-11(18(20)21)4-5-15(14)24-3/h4-9H,1-3H3,(H,17,19). The molecule has 126 valence electrons. The number of carbonyl (C=O) groups excluding carboxylic acids is 1. The van der Waals surface area contributed by atoms with Crippen LogP contribution in [0.25, 0.3) is 0 Å². The van der Waals surface area contributed by atoms with E-state index in [-0.39, 0.29) is 16.9 Å². The number of hydrogen-bond donors (Lipinski definition) is 1. The van der Waals surface area contributed by atoms with Crippen LogP contribution in [0.2, 0.25) is 0 Å². The van der Waals surface area contributed by atoms with E-state index in [1.54, 1.807) is 6.07 Å². The van der Waals surface area contributed by atoms with Crippen molar-refractivity contribution >= 4 is 17.3 Å². The van der Waals surface area contributed by atoms with Gasteiger partial charge in [-0.2, -0.15) is 0 Å². The third-order valence-corrected chi connectivity index (χ3v) is 3.26. The number of rotatable bonds is 6. The van der Waals surface area contributed by atoms with Gasteiger partial charge in [-0.25, -0.2) is 0 Å². The minimum absolute atomic E-state index is 0.158. The fourth-order valence-corrected chi connectivity index (χ4v) is 2.04. The lowest BCUT2D eigenvalue weighted by atomic mass is 10.1. The molecule has 2 aromatic carbocycles. The van der Waals surface area contributed by atoms with Crippen LogP contribution < -0.4 is 19.5 Å². The number of non-ortho nitro benzene ring substituents is 1. The molecular formula is C16H16N2O6. The molecule has 1 N–H and O–H groups in total. The number of benzene rings is 2. The fraction of sp³-hybridized carbons (Fsp3) is 0.188. The molecule has 0 aromatic heterocycles. The Morgan fingerprint density at radius 3 is 2.12 bits per heavy atom. The summed E-state index contributed by atoms with van der Waals surface area (Å²) in [6, 6.07) is 8.63. The van der Waals surface area contributed by atoms with E-state index in [4.69, 9.17) is 14.2 Å². The number of ether oxygens (including phenoxy) is 3. The number of nitrogens with zero attached hydrogens (tertiary/aromatic N) is 1. The maximum absolute atomic E-state index is 12.5. The minimum atomic E-state index is -0.552. The van der Waals surface area contributed by atoms with Gasteiger partial charge < -0.3 is 19.5 Å². The molecule has 0 aliphatic heterocycles. The number of nitrogens with one attached hydrogen (secondary N) is 1. The van der Waals surface area contributed by atoms with Crippen LogP contribution in [0.15, 0.2) is 36.4 Å². The Balaban J connectivity index is 2.35. The number of amides is 1. The van der Waals surface area contributed by atoms with Gasteiger partial charge in [0.2, 0.25) is 0 Å². The molecule has 0 aliphatic rings. The summed E-state index contributed by atoms with van der Waals surface area (Å²) in [6.45, 7) is 0. The highest BCUT2D eigenvalue weighted by Gasteiger charge is 2.16. The Labute approximate surface area is 138 Å². The lowest BCUT2D eigenvalue weighted by molar-refractivity contribution is -0.384. The van der Waals surface area contributed by atoms with Gasteiger partial charge in [0.1, 0.15) is 17.2 Å². The first-order valence-electron chi connectivity index (χ1n) is 6.85. The molecule has 0 saturated heterocycles. The van der Waals surface area contributed by atoms with Crippen molar-refractivity contribution in [1.29, 1.82) is 0 Å². The summed E-state index contributed by atoms with van der Waals surface area (Å²) in [5, 5.41) is 13.5. The predicted molar refractivity (Wildman–Crippen MR) is 87.1 cm³/mol. The van der Waals surface area contributed by atoms with Gasteiger partial charge in [0.25, 0.3) is 11.6 Å². The highest BCUT2D eigenvalue weighted by molar-refractivity contribution is 6.05. The van der Waals surface area contributed by atoms with Gasteiger partial charge in [-0.1, -0.05) is 0 Å². The van der Waals surface area contributed by atoms with E-state index < -0.39 is 10.8 Å². The van der Waals surface area contributed by atoms with Gasteiger partial charge in [-0.3, -0.25) is 14.9 Å². The van der Waals surface area contributed by atoms with Crippen LogP contribution >= 0.6 is 0 Å². The molecule has 0 atom stereocenters. The third kappa shape index (κ3) is 3.72. The quantitative estimate of drug-likeness (QED) is 0.645. The summed E-state index contributed by atoms with van der Waals surface area (Å²) >= 11 is 0. The Hall–Kier alpha value is -3.29. The zero-order valence-corrected chi connectivity index (χ0v) is 13.4. The number of nitro groups is 1. The van der Waals surface area contributed by atoms with Crippen molar-refractivity contribution in [2.45, 2.75) is 0 Å². The molecule has 0 saturated carbocycles. The zero-order chi connectivity index (χ0) is 17.7. The second-order valence-electron chi connectivity index (χ2n) is 4.70.